The van der Waals surface area contributed by atoms with Crippen molar-refractivity contribution in [3.05, 3.63) is 18.0 Å². The lowest BCUT2D eigenvalue weighted by molar-refractivity contribution is 0.180. The van der Waals surface area contributed by atoms with Crippen molar-refractivity contribution in [1.82, 2.24) is 20.0 Å². The SMILES string of the molecule is Cn1ccc(CNC2CCN3CCCCC23)n1. The second kappa shape index (κ2) is 4.78. The van der Waals surface area contributed by atoms with Crippen molar-refractivity contribution in [1.29, 1.82) is 0 Å². The Balaban J connectivity index is 1.55. The smallest absolute Gasteiger partial charge is 0.0762 e. The highest BCUT2D eigenvalue weighted by Gasteiger charge is 2.34. The quantitative estimate of drug-likeness (QED) is 0.851. The Hall–Kier alpha value is -0.870. The zero-order chi connectivity index (χ0) is 11.7. The molecule has 3 rings (SSSR count). The van der Waals surface area contributed by atoms with Crippen molar-refractivity contribution >= 4 is 0 Å². The fraction of sp³-hybridized carbons (Fsp3) is 0.769. The first-order chi connectivity index (χ1) is 8.33. The van der Waals surface area contributed by atoms with E-state index < -0.39 is 0 Å². The van der Waals surface area contributed by atoms with Crippen molar-refractivity contribution in [3.63, 3.8) is 0 Å². The number of nitrogens with one attached hydrogen (secondary N) is 1. The molecule has 17 heavy (non-hydrogen) atoms. The van der Waals surface area contributed by atoms with Crippen molar-refractivity contribution < 1.29 is 0 Å². The minimum atomic E-state index is 0.678. The van der Waals surface area contributed by atoms with Gasteiger partial charge in [0.15, 0.2) is 0 Å². The minimum absolute atomic E-state index is 0.678. The highest BCUT2D eigenvalue weighted by molar-refractivity contribution is 5.00. The van der Waals surface area contributed by atoms with E-state index in [9.17, 15) is 0 Å². The second-order valence-corrected chi connectivity index (χ2v) is 5.36. The minimum Gasteiger partial charge on any atom is -0.307 e. The Morgan fingerprint density at radius 1 is 1.35 bits per heavy atom. The van der Waals surface area contributed by atoms with Crippen molar-refractivity contribution in [2.75, 3.05) is 13.1 Å². The van der Waals surface area contributed by atoms with Gasteiger partial charge in [0.05, 0.1) is 5.69 Å². The Morgan fingerprint density at radius 2 is 2.29 bits per heavy atom. The van der Waals surface area contributed by atoms with E-state index in [2.05, 4.69) is 21.4 Å². The van der Waals surface area contributed by atoms with Crippen molar-refractivity contribution in [3.8, 4) is 0 Å². The van der Waals surface area contributed by atoms with Gasteiger partial charge in [-0.3, -0.25) is 9.58 Å². The molecule has 0 bridgehead atoms. The van der Waals surface area contributed by atoms with Gasteiger partial charge in [-0.25, -0.2) is 0 Å². The molecule has 0 aliphatic carbocycles. The number of hydrogen-bond donors (Lipinski definition) is 1. The van der Waals surface area contributed by atoms with Crippen LogP contribution in [0.2, 0.25) is 0 Å². The van der Waals surface area contributed by atoms with E-state index in [0.29, 0.717) is 6.04 Å². The first kappa shape index (κ1) is 11.2. The van der Waals surface area contributed by atoms with Crippen molar-refractivity contribution in [2.45, 2.75) is 44.3 Å². The monoisotopic (exact) mass is 234 g/mol. The predicted molar refractivity (Wildman–Crippen MR) is 67.7 cm³/mol. The molecule has 4 nitrogen and oxygen atoms in total. The fourth-order valence-electron chi connectivity index (χ4n) is 3.28. The van der Waals surface area contributed by atoms with Crippen LogP contribution in [0.4, 0.5) is 0 Å². The van der Waals surface area contributed by atoms with Crippen LogP contribution in [0.25, 0.3) is 0 Å². The maximum absolute atomic E-state index is 4.42. The second-order valence-electron chi connectivity index (χ2n) is 5.36. The zero-order valence-electron chi connectivity index (χ0n) is 10.6. The third-order valence-electron chi connectivity index (χ3n) is 4.17. The molecular weight excluding hydrogens is 212 g/mol. The van der Waals surface area contributed by atoms with Crippen LogP contribution in [0.1, 0.15) is 31.4 Å². The number of hydrogen-bond acceptors (Lipinski definition) is 3. The molecule has 2 fully saturated rings. The number of fused-ring (bicyclic) bond motifs is 1. The molecule has 2 atom stereocenters. The summed E-state index contributed by atoms with van der Waals surface area (Å²) in [6, 6.07) is 3.56. The standard InChI is InChI=1S/C13H22N4/c1-16-8-5-11(15-16)10-14-12-6-9-17-7-3-2-4-13(12)17/h5,8,12-14H,2-4,6-7,9-10H2,1H3. The van der Waals surface area contributed by atoms with E-state index in [1.165, 1.54) is 38.8 Å². The van der Waals surface area contributed by atoms with Gasteiger partial charge >= 0.3 is 0 Å². The van der Waals surface area contributed by atoms with E-state index in [1.807, 2.05) is 17.9 Å². The summed E-state index contributed by atoms with van der Waals surface area (Å²) >= 11 is 0. The molecule has 0 amide bonds. The maximum Gasteiger partial charge on any atom is 0.0762 e. The van der Waals surface area contributed by atoms with Gasteiger partial charge < -0.3 is 5.32 Å². The fourth-order valence-corrected chi connectivity index (χ4v) is 3.28. The Labute approximate surface area is 103 Å². The van der Waals surface area contributed by atoms with E-state index in [-0.39, 0.29) is 0 Å². The van der Waals surface area contributed by atoms with Crippen LogP contribution < -0.4 is 5.32 Å². The average Bonchev–Trinajstić information content (AvgIpc) is 2.93. The predicted octanol–water partition coefficient (Wildman–Crippen LogP) is 1.14. The van der Waals surface area contributed by atoms with Crippen LogP contribution in [0.5, 0.6) is 0 Å². The molecular formula is C13H22N4. The molecule has 94 valence electrons. The first-order valence-electron chi connectivity index (χ1n) is 6.79. The molecule has 0 aromatic carbocycles. The highest BCUT2D eigenvalue weighted by atomic mass is 15.3. The first-order valence-corrected chi connectivity index (χ1v) is 6.79. The van der Waals surface area contributed by atoms with Crippen LogP contribution >= 0.6 is 0 Å². The highest BCUT2D eigenvalue weighted by Crippen LogP contribution is 2.27. The lowest BCUT2D eigenvalue weighted by Crippen LogP contribution is -2.44. The molecule has 1 N–H and O–H groups in total. The van der Waals surface area contributed by atoms with E-state index in [1.54, 1.807) is 0 Å². The molecule has 2 unspecified atom stereocenters. The van der Waals surface area contributed by atoms with Crippen molar-refractivity contribution in [2.24, 2.45) is 7.05 Å². The summed E-state index contributed by atoms with van der Waals surface area (Å²) in [5, 5.41) is 8.11. The van der Waals surface area contributed by atoms with Gasteiger partial charge in [-0.15, -0.1) is 0 Å². The molecule has 4 heteroatoms. The molecule has 0 spiro atoms. The molecule has 2 aliphatic heterocycles. The molecule has 2 aliphatic rings. The summed E-state index contributed by atoms with van der Waals surface area (Å²) in [5.74, 6) is 0. The van der Waals surface area contributed by atoms with Gasteiger partial charge in [0.2, 0.25) is 0 Å². The van der Waals surface area contributed by atoms with Crippen LogP contribution in [-0.2, 0) is 13.6 Å². The van der Waals surface area contributed by atoms with E-state index in [0.717, 1.165) is 18.3 Å². The zero-order valence-corrected chi connectivity index (χ0v) is 10.6. The average molecular weight is 234 g/mol. The van der Waals surface area contributed by atoms with Gasteiger partial charge in [0, 0.05) is 38.4 Å². The van der Waals surface area contributed by atoms with Crippen LogP contribution in [0.3, 0.4) is 0 Å². The lowest BCUT2D eigenvalue weighted by Gasteiger charge is -2.32. The van der Waals surface area contributed by atoms with Gasteiger partial charge in [0.1, 0.15) is 0 Å². The third-order valence-corrected chi connectivity index (χ3v) is 4.17. The molecule has 3 heterocycles. The summed E-state index contributed by atoms with van der Waals surface area (Å²) in [5.41, 5.74) is 1.15. The number of rotatable bonds is 3. The maximum atomic E-state index is 4.42. The number of nitrogens with zero attached hydrogens (tertiary/aromatic N) is 3. The Kier molecular flexibility index (Phi) is 3.16. The summed E-state index contributed by atoms with van der Waals surface area (Å²) in [6.45, 7) is 3.51. The summed E-state index contributed by atoms with van der Waals surface area (Å²) in [4.78, 5) is 2.67. The van der Waals surface area contributed by atoms with Gasteiger partial charge in [-0.2, -0.15) is 5.10 Å². The largest absolute Gasteiger partial charge is 0.307 e. The summed E-state index contributed by atoms with van der Waals surface area (Å²) in [6.07, 6.45) is 7.49. The Bertz CT molecular complexity index is 373. The molecule has 0 radical (unpaired) electrons. The van der Waals surface area contributed by atoms with Gasteiger partial charge in [0.25, 0.3) is 0 Å². The third kappa shape index (κ3) is 2.38. The van der Waals surface area contributed by atoms with Gasteiger partial charge in [-0.05, 0) is 31.9 Å². The topological polar surface area (TPSA) is 33.1 Å². The van der Waals surface area contributed by atoms with Crippen LogP contribution in [0.15, 0.2) is 12.3 Å². The van der Waals surface area contributed by atoms with Crippen LogP contribution in [-0.4, -0.2) is 39.9 Å². The molecule has 1 aromatic rings. The summed E-state index contributed by atoms with van der Waals surface area (Å²) in [7, 11) is 1.97. The summed E-state index contributed by atoms with van der Waals surface area (Å²) < 4.78 is 1.87. The molecule has 1 aromatic heterocycles. The lowest BCUT2D eigenvalue weighted by atomic mass is 9.99. The van der Waals surface area contributed by atoms with E-state index in [4.69, 9.17) is 0 Å². The van der Waals surface area contributed by atoms with Gasteiger partial charge in [-0.1, -0.05) is 6.42 Å². The Morgan fingerprint density at radius 3 is 3.12 bits per heavy atom. The van der Waals surface area contributed by atoms with E-state index >= 15 is 0 Å². The number of aryl methyl sites for hydroxylation is 1. The number of piperidine rings is 1. The normalized spacial score (nSPS) is 29.5. The molecule has 2 saturated heterocycles. The molecule has 0 saturated carbocycles. The van der Waals surface area contributed by atoms with Crippen LogP contribution in [0, 0.1) is 0 Å². The number of aromatic nitrogens is 2.